The van der Waals surface area contributed by atoms with Crippen LogP contribution in [0, 0.1) is 11.6 Å². The predicted octanol–water partition coefficient (Wildman–Crippen LogP) is 5.47. The van der Waals surface area contributed by atoms with Crippen LogP contribution in [0.5, 0.6) is 5.75 Å². The monoisotopic (exact) mass is 522 g/mol. The van der Waals surface area contributed by atoms with E-state index in [1.165, 1.54) is 52.4 Å². The molecule has 1 atom stereocenters. The van der Waals surface area contributed by atoms with Gasteiger partial charge in [0.15, 0.2) is 0 Å². The van der Waals surface area contributed by atoms with Crippen LogP contribution in [-0.4, -0.2) is 41.3 Å². The van der Waals surface area contributed by atoms with Crippen LogP contribution in [0.2, 0.25) is 0 Å². The molecule has 9 heteroatoms. The predicted molar refractivity (Wildman–Crippen MR) is 134 cm³/mol. The maximum Gasteiger partial charge on any atom is 0.254 e. The van der Waals surface area contributed by atoms with E-state index >= 15 is 0 Å². The van der Waals surface area contributed by atoms with E-state index in [0.29, 0.717) is 24.5 Å². The Hall–Kier alpha value is -3.98. The number of furan rings is 1. The first-order chi connectivity index (χ1) is 18.0. The van der Waals surface area contributed by atoms with E-state index in [0.717, 1.165) is 5.56 Å². The fourth-order valence-corrected chi connectivity index (χ4v) is 5.35. The molecule has 1 aliphatic heterocycles. The first kappa shape index (κ1) is 24.7. The number of amides is 2. The minimum Gasteiger partial charge on any atom is -0.491 e. The Morgan fingerprint density at radius 3 is 2.65 bits per heavy atom. The molecule has 0 radical (unpaired) electrons. The van der Waals surface area contributed by atoms with Crippen molar-refractivity contribution in [1.82, 2.24) is 9.80 Å². The highest BCUT2D eigenvalue weighted by Gasteiger charge is 2.34. The van der Waals surface area contributed by atoms with Crippen molar-refractivity contribution in [3.05, 3.63) is 112 Å². The third-order valence-corrected chi connectivity index (χ3v) is 7.25. The van der Waals surface area contributed by atoms with Gasteiger partial charge in [-0.3, -0.25) is 9.59 Å². The number of carbonyl (C=O) groups excluding carboxylic acids is 2. The van der Waals surface area contributed by atoms with E-state index in [1.807, 2.05) is 11.4 Å². The van der Waals surface area contributed by atoms with E-state index in [9.17, 15) is 18.4 Å². The van der Waals surface area contributed by atoms with Crippen molar-refractivity contribution >= 4 is 23.2 Å². The van der Waals surface area contributed by atoms with Gasteiger partial charge in [0.1, 0.15) is 36.3 Å². The molecule has 6 nitrogen and oxygen atoms in total. The zero-order valence-corrected chi connectivity index (χ0v) is 20.6. The summed E-state index contributed by atoms with van der Waals surface area (Å²) in [6.45, 7) is 0.482. The fourth-order valence-electron chi connectivity index (χ4n) is 4.43. The summed E-state index contributed by atoms with van der Waals surface area (Å²) in [7, 11) is 0. The smallest absolute Gasteiger partial charge is 0.254 e. The number of rotatable bonds is 8. The number of hydrogen-bond donors (Lipinski definition) is 0. The molecule has 0 unspecified atom stereocenters. The molecule has 0 saturated heterocycles. The van der Waals surface area contributed by atoms with Crippen molar-refractivity contribution in [3.63, 3.8) is 0 Å². The number of thiophene rings is 1. The van der Waals surface area contributed by atoms with Gasteiger partial charge in [0.25, 0.3) is 5.91 Å². The molecule has 2 aromatic heterocycles. The summed E-state index contributed by atoms with van der Waals surface area (Å²) in [5.41, 5.74) is 1.26. The van der Waals surface area contributed by atoms with Gasteiger partial charge in [0.2, 0.25) is 5.91 Å². The zero-order chi connectivity index (χ0) is 25.8. The van der Waals surface area contributed by atoms with E-state index in [1.54, 1.807) is 40.5 Å². The fraction of sp³-hybridized carbons (Fsp3) is 0.214. The first-order valence-corrected chi connectivity index (χ1v) is 12.7. The minimum absolute atomic E-state index is 0.0803. The number of benzene rings is 2. The van der Waals surface area contributed by atoms with Gasteiger partial charge in [0.05, 0.1) is 18.8 Å². The van der Waals surface area contributed by atoms with Crippen LogP contribution < -0.4 is 4.74 Å². The van der Waals surface area contributed by atoms with Gasteiger partial charge in [0, 0.05) is 23.1 Å². The van der Waals surface area contributed by atoms with E-state index in [2.05, 4.69) is 0 Å². The second-order valence-corrected chi connectivity index (χ2v) is 9.67. The van der Waals surface area contributed by atoms with Gasteiger partial charge in [-0.1, -0.05) is 6.07 Å². The standard InChI is InChI=1S/C28H24F2N2O4S/c29-20-8-6-19(7-9-20)28(34)31(16-23-5-2-13-35-23)17-27(33)32-12-10-26-24(11-14-37-26)25(32)18-36-22-4-1-3-21(30)15-22/h1-9,11,13-15,25H,10,12,16-18H2/t25-/m1/s1. The molecule has 0 bridgehead atoms. The summed E-state index contributed by atoms with van der Waals surface area (Å²) in [6, 6.07) is 16.1. The summed E-state index contributed by atoms with van der Waals surface area (Å²) in [5, 5.41) is 1.98. The molecule has 2 aromatic carbocycles. The molecule has 2 amide bonds. The van der Waals surface area contributed by atoms with Gasteiger partial charge in [-0.15, -0.1) is 11.3 Å². The lowest BCUT2D eigenvalue weighted by Gasteiger charge is -2.37. The summed E-state index contributed by atoms with van der Waals surface area (Å²) in [5.74, 6) is -0.629. The van der Waals surface area contributed by atoms with Crippen LogP contribution in [-0.2, 0) is 17.8 Å². The Balaban J connectivity index is 1.37. The number of hydrogen-bond acceptors (Lipinski definition) is 5. The highest BCUT2D eigenvalue weighted by Crippen LogP contribution is 2.34. The Morgan fingerprint density at radius 1 is 1.05 bits per heavy atom. The lowest BCUT2D eigenvalue weighted by atomic mass is 10.0. The van der Waals surface area contributed by atoms with Gasteiger partial charge in [-0.2, -0.15) is 0 Å². The molecule has 0 spiro atoms. The number of nitrogens with zero attached hydrogens (tertiary/aromatic N) is 2. The molecule has 0 fully saturated rings. The summed E-state index contributed by atoms with van der Waals surface area (Å²) < 4.78 is 38.4. The number of ether oxygens (including phenoxy) is 1. The van der Waals surface area contributed by atoms with Crippen molar-refractivity contribution in [2.24, 2.45) is 0 Å². The molecule has 3 heterocycles. The number of halogens is 2. The molecule has 0 N–H and O–H groups in total. The Kier molecular flexibility index (Phi) is 7.32. The summed E-state index contributed by atoms with van der Waals surface area (Å²) in [6.07, 6.45) is 2.19. The molecule has 0 aliphatic carbocycles. The van der Waals surface area contributed by atoms with E-state index < -0.39 is 23.6 Å². The molecule has 37 heavy (non-hydrogen) atoms. The molecular weight excluding hydrogens is 498 g/mol. The van der Waals surface area contributed by atoms with Crippen LogP contribution in [0.15, 0.2) is 82.8 Å². The maximum absolute atomic E-state index is 13.7. The second kappa shape index (κ2) is 11.0. The van der Waals surface area contributed by atoms with Crippen LogP contribution in [0.3, 0.4) is 0 Å². The quantitative estimate of drug-likeness (QED) is 0.308. The zero-order valence-electron chi connectivity index (χ0n) is 19.8. The summed E-state index contributed by atoms with van der Waals surface area (Å²) in [4.78, 5) is 31.3. The highest BCUT2D eigenvalue weighted by molar-refractivity contribution is 7.10. The Bertz CT molecular complexity index is 1370. The van der Waals surface area contributed by atoms with Crippen LogP contribution in [0.4, 0.5) is 8.78 Å². The number of carbonyl (C=O) groups is 2. The van der Waals surface area contributed by atoms with Crippen molar-refractivity contribution in [1.29, 1.82) is 0 Å². The van der Waals surface area contributed by atoms with Gasteiger partial charge in [-0.05, 0) is 72.0 Å². The Labute approximate surface area is 216 Å². The third kappa shape index (κ3) is 5.72. The van der Waals surface area contributed by atoms with Crippen LogP contribution in [0.25, 0.3) is 0 Å². The molecule has 0 saturated carbocycles. The molecule has 190 valence electrons. The topological polar surface area (TPSA) is 63.0 Å². The molecule has 1 aliphatic rings. The third-order valence-electron chi connectivity index (χ3n) is 6.25. The summed E-state index contributed by atoms with van der Waals surface area (Å²) >= 11 is 1.63. The minimum atomic E-state index is -0.453. The average molecular weight is 523 g/mol. The van der Waals surface area contributed by atoms with Crippen molar-refractivity contribution in [2.75, 3.05) is 19.7 Å². The van der Waals surface area contributed by atoms with Gasteiger partial charge >= 0.3 is 0 Å². The maximum atomic E-state index is 13.7. The van der Waals surface area contributed by atoms with Crippen molar-refractivity contribution in [2.45, 2.75) is 19.0 Å². The molecule has 5 rings (SSSR count). The second-order valence-electron chi connectivity index (χ2n) is 8.67. The highest BCUT2D eigenvalue weighted by atomic mass is 32.1. The lowest BCUT2D eigenvalue weighted by Crippen LogP contribution is -2.47. The van der Waals surface area contributed by atoms with Gasteiger partial charge in [-0.25, -0.2) is 8.78 Å². The first-order valence-electron chi connectivity index (χ1n) is 11.8. The van der Waals surface area contributed by atoms with E-state index in [4.69, 9.17) is 9.15 Å². The van der Waals surface area contributed by atoms with Crippen LogP contribution >= 0.6 is 11.3 Å². The van der Waals surface area contributed by atoms with E-state index in [-0.39, 0.29) is 31.2 Å². The SMILES string of the molecule is O=C(c1ccc(F)cc1)N(CC(=O)N1CCc2sccc2[C@H]1COc1cccc(F)c1)Cc1ccco1. The van der Waals surface area contributed by atoms with Crippen molar-refractivity contribution in [3.8, 4) is 5.75 Å². The largest absolute Gasteiger partial charge is 0.491 e. The normalized spacial score (nSPS) is 14.8. The lowest BCUT2D eigenvalue weighted by molar-refractivity contribution is -0.135. The molecule has 4 aromatic rings. The van der Waals surface area contributed by atoms with Gasteiger partial charge < -0.3 is 19.0 Å². The van der Waals surface area contributed by atoms with Crippen LogP contribution in [0.1, 0.15) is 32.6 Å². The Morgan fingerprint density at radius 2 is 1.89 bits per heavy atom. The van der Waals surface area contributed by atoms with Crippen molar-refractivity contribution < 1.29 is 27.5 Å². The average Bonchev–Trinajstić information content (AvgIpc) is 3.59. The molecular formula is C28H24F2N2O4S. The number of fused-ring (bicyclic) bond motifs is 1.